The first-order valence-corrected chi connectivity index (χ1v) is 4.94. The molecule has 2 heterocycles. The van der Waals surface area contributed by atoms with Crippen molar-refractivity contribution in [1.29, 1.82) is 0 Å². The van der Waals surface area contributed by atoms with E-state index >= 15 is 0 Å². The van der Waals surface area contributed by atoms with Crippen LogP contribution < -0.4 is 16.8 Å². The van der Waals surface area contributed by atoms with E-state index in [0.29, 0.717) is 5.92 Å². The Hall–Kier alpha value is -1.07. The molecule has 78 valence electrons. The van der Waals surface area contributed by atoms with Gasteiger partial charge < -0.3 is 16.8 Å². The van der Waals surface area contributed by atoms with Crippen LogP contribution in [0.2, 0.25) is 0 Å². The fourth-order valence-corrected chi connectivity index (χ4v) is 2.14. The first-order chi connectivity index (χ1) is 6.70. The van der Waals surface area contributed by atoms with Crippen LogP contribution in [-0.4, -0.2) is 28.9 Å². The zero-order valence-electron chi connectivity index (χ0n) is 8.40. The minimum Gasteiger partial charge on any atom is -0.396 e. The molecule has 0 aliphatic carbocycles. The van der Waals surface area contributed by atoms with Gasteiger partial charge in [0.05, 0.1) is 17.6 Å². The summed E-state index contributed by atoms with van der Waals surface area (Å²) in [7, 11) is 1.92. The fourth-order valence-electron chi connectivity index (χ4n) is 2.14. The fraction of sp³-hybridized carbons (Fsp3) is 0.667. The van der Waals surface area contributed by atoms with Crippen molar-refractivity contribution in [3.8, 4) is 0 Å². The highest BCUT2D eigenvalue weighted by atomic mass is 15.3. The summed E-state index contributed by atoms with van der Waals surface area (Å²) in [5, 5.41) is 7.41. The maximum Gasteiger partial charge on any atom is 0.0736 e. The van der Waals surface area contributed by atoms with E-state index in [1.807, 2.05) is 11.7 Å². The predicted octanol–water partition coefficient (Wildman–Crippen LogP) is -0.593. The molecule has 14 heavy (non-hydrogen) atoms. The van der Waals surface area contributed by atoms with E-state index in [0.717, 1.165) is 30.9 Å². The maximum atomic E-state index is 6.05. The Kier molecular flexibility index (Phi) is 2.43. The molecule has 0 saturated carbocycles. The summed E-state index contributed by atoms with van der Waals surface area (Å²) < 4.78 is 1.84. The molecule has 5 heteroatoms. The molecule has 1 saturated heterocycles. The van der Waals surface area contributed by atoms with E-state index in [9.17, 15) is 0 Å². The van der Waals surface area contributed by atoms with Gasteiger partial charge in [-0.2, -0.15) is 5.10 Å². The number of aromatic nitrogens is 2. The number of nitrogen functional groups attached to an aromatic ring is 1. The molecule has 1 aromatic heterocycles. The van der Waals surface area contributed by atoms with Crippen LogP contribution in [0.15, 0.2) is 6.20 Å². The van der Waals surface area contributed by atoms with Crippen LogP contribution in [-0.2, 0) is 7.05 Å². The lowest BCUT2D eigenvalue weighted by Crippen LogP contribution is -2.45. The summed E-state index contributed by atoms with van der Waals surface area (Å²) in [6, 6.07) is 0.140. The van der Waals surface area contributed by atoms with Crippen molar-refractivity contribution in [2.24, 2.45) is 12.8 Å². The minimum absolute atomic E-state index is 0.140. The van der Waals surface area contributed by atoms with Gasteiger partial charge in [-0.1, -0.05) is 0 Å². The highest BCUT2D eigenvalue weighted by Gasteiger charge is 2.27. The lowest BCUT2D eigenvalue weighted by atomic mass is 9.89. The van der Waals surface area contributed by atoms with Gasteiger partial charge in [0.2, 0.25) is 0 Å². The summed E-state index contributed by atoms with van der Waals surface area (Å²) in [5.41, 5.74) is 13.8. The average Bonchev–Trinajstić information content (AvgIpc) is 2.48. The summed E-state index contributed by atoms with van der Waals surface area (Å²) in [6.45, 7) is 1.86. The lowest BCUT2D eigenvalue weighted by Gasteiger charge is -2.29. The number of aryl methyl sites for hydroxylation is 1. The number of nitrogens with two attached hydrogens (primary N) is 2. The molecule has 5 N–H and O–H groups in total. The van der Waals surface area contributed by atoms with Gasteiger partial charge in [-0.15, -0.1) is 0 Å². The van der Waals surface area contributed by atoms with Crippen LogP contribution in [0.5, 0.6) is 0 Å². The van der Waals surface area contributed by atoms with Crippen LogP contribution >= 0.6 is 0 Å². The van der Waals surface area contributed by atoms with Gasteiger partial charge >= 0.3 is 0 Å². The number of anilines is 1. The van der Waals surface area contributed by atoms with Gasteiger partial charge in [0.15, 0.2) is 0 Å². The standard InChI is InChI=1S/C9H17N5/c1-14-9(8(11)5-13-14)6-2-3-12-4-7(6)10/h5-7,12H,2-4,10-11H2,1H3. The second-order valence-electron chi connectivity index (χ2n) is 3.87. The van der Waals surface area contributed by atoms with E-state index in [4.69, 9.17) is 11.5 Å². The molecule has 1 aliphatic heterocycles. The van der Waals surface area contributed by atoms with Crippen LogP contribution in [0.3, 0.4) is 0 Å². The predicted molar refractivity (Wildman–Crippen MR) is 55.8 cm³/mol. The Labute approximate surface area is 83.5 Å². The van der Waals surface area contributed by atoms with Gasteiger partial charge in [0.1, 0.15) is 0 Å². The smallest absolute Gasteiger partial charge is 0.0736 e. The van der Waals surface area contributed by atoms with E-state index < -0.39 is 0 Å². The molecule has 1 fully saturated rings. The molecule has 0 bridgehead atoms. The van der Waals surface area contributed by atoms with Crippen molar-refractivity contribution in [2.45, 2.75) is 18.4 Å². The van der Waals surface area contributed by atoms with Crippen LogP contribution in [0.4, 0.5) is 5.69 Å². The third kappa shape index (κ3) is 1.49. The molecular formula is C9H17N5. The molecule has 2 rings (SSSR count). The quantitative estimate of drug-likeness (QED) is 0.559. The minimum atomic E-state index is 0.140. The van der Waals surface area contributed by atoms with Crippen LogP contribution in [0.1, 0.15) is 18.0 Å². The summed E-state index contributed by atoms with van der Waals surface area (Å²) in [6.07, 6.45) is 2.73. The Morgan fingerprint density at radius 2 is 2.43 bits per heavy atom. The highest BCUT2D eigenvalue weighted by Crippen LogP contribution is 2.28. The molecule has 2 unspecified atom stereocenters. The van der Waals surface area contributed by atoms with Crippen molar-refractivity contribution in [3.63, 3.8) is 0 Å². The largest absolute Gasteiger partial charge is 0.396 e. The topological polar surface area (TPSA) is 81.9 Å². The molecule has 5 nitrogen and oxygen atoms in total. The van der Waals surface area contributed by atoms with Gasteiger partial charge in [-0.05, 0) is 13.0 Å². The van der Waals surface area contributed by atoms with E-state index in [1.54, 1.807) is 6.20 Å². The van der Waals surface area contributed by atoms with E-state index in [2.05, 4.69) is 10.4 Å². The zero-order chi connectivity index (χ0) is 10.1. The van der Waals surface area contributed by atoms with Gasteiger partial charge in [-0.25, -0.2) is 0 Å². The molecule has 1 aliphatic rings. The van der Waals surface area contributed by atoms with Crippen molar-refractivity contribution < 1.29 is 0 Å². The molecular weight excluding hydrogens is 178 g/mol. The first kappa shape index (κ1) is 9.48. The highest BCUT2D eigenvalue weighted by molar-refractivity contribution is 5.43. The Morgan fingerprint density at radius 1 is 1.64 bits per heavy atom. The Morgan fingerprint density at radius 3 is 3.00 bits per heavy atom. The van der Waals surface area contributed by atoms with Crippen LogP contribution in [0.25, 0.3) is 0 Å². The third-order valence-electron chi connectivity index (χ3n) is 2.89. The third-order valence-corrected chi connectivity index (χ3v) is 2.89. The van der Waals surface area contributed by atoms with Crippen molar-refractivity contribution in [2.75, 3.05) is 18.8 Å². The Balaban J connectivity index is 2.28. The molecule has 0 radical (unpaired) electrons. The van der Waals surface area contributed by atoms with E-state index in [-0.39, 0.29) is 6.04 Å². The maximum absolute atomic E-state index is 6.05. The molecule has 0 spiro atoms. The molecule has 2 atom stereocenters. The summed E-state index contributed by atoms with van der Waals surface area (Å²) >= 11 is 0. The van der Waals surface area contributed by atoms with Gasteiger partial charge in [0, 0.05) is 25.6 Å². The molecule has 0 amide bonds. The average molecular weight is 195 g/mol. The first-order valence-electron chi connectivity index (χ1n) is 4.94. The SMILES string of the molecule is Cn1ncc(N)c1C1CCNCC1N. The normalized spacial score (nSPS) is 27.9. The monoisotopic (exact) mass is 195 g/mol. The molecule has 1 aromatic rings. The summed E-state index contributed by atoms with van der Waals surface area (Å²) in [5.74, 6) is 0.337. The number of piperidine rings is 1. The lowest BCUT2D eigenvalue weighted by molar-refractivity contribution is 0.388. The second kappa shape index (κ2) is 3.59. The number of nitrogens with zero attached hydrogens (tertiary/aromatic N) is 2. The van der Waals surface area contributed by atoms with Crippen molar-refractivity contribution in [1.82, 2.24) is 15.1 Å². The van der Waals surface area contributed by atoms with Gasteiger partial charge in [0.25, 0.3) is 0 Å². The zero-order valence-corrected chi connectivity index (χ0v) is 8.40. The number of hydrogen-bond acceptors (Lipinski definition) is 4. The molecule has 0 aromatic carbocycles. The number of hydrogen-bond donors (Lipinski definition) is 3. The van der Waals surface area contributed by atoms with E-state index in [1.165, 1.54) is 0 Å². The van der Waals surface area contributed by atoms with Crippen molar-refractivity contribution >= 4 is 5.69 Å². The second-order valence-corrected chi connectivity index (χ2v) is 3.87. The van der Waals surface area contributed by atoms with Crippen molar-refractivity contribution in [3.05, 3.63) is 11.9 Å². The Bertz CT molecular complexity index is 300. The number of nitrogens with one attached hydrogen (secondary N) is 1. The number of rotatable bonds is 1. The van der Waals surface area contributed by atoms with Gasteiger partial charge in [-0.3, -0.25) is 4.68 Å². The van der Waals surface area contributed by atoms with Crippen LogP contribution in [0, 0.1) is 0 Å². The summed E-state index contributed by atoms with van der Waals surface area (Å²) in [4.78, 5) is 0.